The van der Waals surface area contributed by atoms with Crippen molar-refractivity contribution in [2.45, 2.75) is 12.6 Å². The first-order chi connectivity index (χ1) is 8.75. The first-order valence-corrected chi connectivity index (χ1v) is 6.59. The van der Waals surface area contributed by atoms with Gasteiger partial charge in [0.15, 0.2) is 0 Å². The van der Waals surface area contributed by atoms with Crippen molar-refractivity contribution in [2.24, 2.45) is 0 Å². The summed E-state index contributed by atoms with van der Waals surface area (Å²) < 4.78 is 1.01. The Morgan fingerprint density at radius 1 is 1.17 bits per heavy atom. The van der Waals surface area contributed by atoms with E-state index in [1.54, 1.807) is 6.20 Å². The first-order valence-electron chi connectivity index (χ1n) is 5.80. The van der Waals surface area contributed by atoms with E-state index in [1.807, 2.05) is 42.5 Å². The van der Waals surface area contributed by atoms with Crippen LogP contribution < -0.4 is 5.32 Å². The zero-order valence-electron chi connectivity index (χ0n) is 9.88. The fourth-order valence-electron chi connectivity index (χ4n) is 1.64. The summed E-state index contributed by atoms with van der Waals surface area (Å²) in [6.45, 7) is 1.17. The second-order valence-electron chi connectivity index (χ2n) is 4.02. The number of aliphatic hydroxyl groups is 1. The summed E-state index contributed by atoms with van der Waals surface area (Å²) in [5, 5.41) is 13.2. The minimum Gasteiger partial charge on any atom is -0.387 e. The highest BCUT2D eigenvalue weighted by Crippen LogP contribution is 2.16. The van der Waals surface area contributed by atoms with Crippen molar-refractivity contribution in [3.05, 3.63) is 64.4 Å². The van der Waals surface area contributed by atoms with Crippen molar-refractivity contribution >= 4 is 15.9 Å². The highest BCUT2D eigenvalue weighted by molar-refractivity contribution is 9.10. The van der Waals surface area contributed by atoms with Gasteiger partial charge in [-0.25, -0.2) is 0 Å². The van der Waals surface area contributed by atoms with Crippen molar-refractivity contribution in [1.82, 2.24) is 10.3 Å². The molecule has 1 atom stereocenters. The Bertz CT molecular complexity index is 473. The van der Waals surface area contributed by atoms with Crippen molar-refractivity contribution in [2.75, 3.05) is 6.54 Å². The van der Waals surface area contributed by atoms with E-state index in [-0.39, 0.29) is 0 Å². The van der Waals surface area contributed by atoms with Crippen LogP contribution in [-0.2, 0) is 6.54 Å². The molecule has 0 bridgehead atoms. The normalized spacial score (nSPS) is 12.3. The summed E-state index contributed by atoms with van der Waals surface area (Å²) in [5.41, 5.74) is 1.88. The van der Waals surface area contributed by atoms with E-state index in [1.165, 1.54) is 0 Å². The second-order valence-corrected chi connectivity index (χ2v) is 4.94. The molecule has 3 nitrogen and oxygen atoms in total. The van der Waals surface area contributed by atoms with Crippen LogP contribution in [0.5, 0.6) is 0 Å². The molecule has 0 spiro atoms. The number of nitrogens with zero attached hydrogens (tertiary/aromatic N) is 1. The van der Waals surface area contributed by atoms with E-state index in [2.05, 4.69) is 26.2 Å². The molecule has 0 aliphatic rings. The van der Waals surface area contributed by atoms with E-state index < -0.39 is 6.10 Å². The average Bonchev–Trinajstić information content (AvgIpc) is 2.40. The molecule has 18 heavy (non-hydrogen) atoms. The van der Waals surface area contributed by atoms with E-state index in [9.17, 15) is 5.11 Å². The summed E-state index contributed by atoms with van der Waals surface area (Å²) in [4.78, 5) is 4.21. The summed E-state index contributed by atoms with van der Waals surface area (Å²) in [7, 11) is 0. The molecular weight excluding hydrogens is 292 g/mol. The fraction of sp³-hybridized carbons (Fsp3) is 0.214. The Morgan fingerprint density at radius 2 is 1.94 bits per heavy atom. The van der Waals surface area contributed by atoms with Gasteiger partial charge >= 0.3 is 0 Å². The monoisotopic (exact) mass is 306 g/mol. The van der Waals surface area contributed by atoms with Gasteiger partial charge in [0, 0.05) is 23.8 Å². The molecule has 1 aromatic carbocycles. The van der Waals surface area contributed by atoms with Crippen LogP contribution in [0.4, 0.5) is 0 Å². The van der Waals surface area contributed by atoms with Gasteiger partial charge in [-0.05, 0) is 29.8 Å². The molecule has 0 fully saturated rings. The van der Waals surface area contributed by atoms with Crippen LogP contribution in [0, 0.1) is 0 Å². The molecule has 1 aromatic heterocycles. The molecule has 0 saturated heterocycles. The number of aliphatic hydroxyl groups excluding tert-OH is 1. The smallest absolute Gasteiger partial charge is 0.0914 e. The van der Waals surface area contributed by atoms with Crippen LogP contribution in [0.3, 0.4) is 0 Å². The number of halogens is 1. The third-order valence-corrected chi connectivity index (χ3v) is 3.15. The third kappa shape index (κ3) is 3.91. The molecule has 0 aliphatic heterocycles. The fourth-order valence-corrected chi connectivity index (χ4v) is 1.91. The number of nitrogens with one attached hydrogen (secondary N) is 1. The number of pyridine rings is 1. The van der Waals surface area contributed by atoms with E-state index in [4.69, 9.17) is 0 Å². The number of aromatic nitrogens is 1. The number of hydrogen-bond acceptors (Lipinski definition) is 3. The molecule has 4 heteroatoms. The average molecular weight is 307 g/mol. The molecule has 1 heterocycles. The molecule has 0 amide bonds. The lowest BCUT2D eigenvalue weighted by atomic mass is 10.1. The predicted molar refractivity (Wildman–Crippen MR) is 75.0 cm³/mol. The molecule has 1 unspecified atom stereocenters. The summed E-state index contributed by atoms with van der Waals surface area (Å²) in [6.07, 6.45) is 1.27. The van der Waals surface area contributed by atoms with Gasteiger partial charge in [-0.1, -0.05) is 34.1 Å². The lowest BCUT2D eigenvalue weighted by molar-refractivity contribution is 0.174. The molecule has 0 saturated carbocycles. The second kappa shape index (κ2) is 6.64. The lowest BCUT2D eigenvalue weighted by Crippen LogP contribution is -2.21. The summed E-state index contributed by atoms with van der Waals surface area (Å²) >= 11 is 3.37. The van der Waals surface area contributed by atoms with Crippen molar-refractivity contribution in [3.8, 4) is 0 Å². The Kier molecular flexibility index (Phi) is 4.87. The van der Waals surface area contributed by atoms with Crippen LogP contribution in [0.2, 0.25) is 0 Å². The quantitative estimate of drug-likeness (QED) is 0.892. The van der Waals surface area contributed by atoms with Gasteiger partial charge in [0.2, 0.25) is 0 Å². The molecule has 2 N–H and O–H groups in total. The molecule has 0 aliphatic carbocycles. The maximum Gasteiger partial charge on any atom is 0.0914 e. The molecule has 2 rings (SSSR count). The maximum absolute atomic E-state index is 9.99. The van der Waals surface area contributed by atoms with Gasteiger partial charge in [0.05, 0.1) is 11.8 Å². The largest absolute Gasteiger partial charge is 0.387 e. The molecule has 0 radical (unpaired) electrons. The van der Waals surface area contributed by atoms with Crippen LogP contribution >= 0.6 is 15.9 Å². The zero-order valence-corrected chi connectivity index (χ0v) is 11.5. The van der Waals surface area contributed by atoms with Gasteiger partial charge in [-0.3, -0.25) is 4.98 Å². The van der Waals surface area contributed by atoms with Crippen LogP contribution in [0.25, 0.3) is 0 Å². The highest BCUT2D eigenvalue weighted by Gasteiger charge is 2.06. The Morgan fingerprint density at radius 3 is 2.61 bits per heavy atom. The van der Waals surface area contributed by atoms with Gasteiger partial charge < -0.3 is 10.4 Å². The standard InChI is InChI=1S/C14H15BrN2O/c15-12-6-4-11(5-7-12)14(18)10-16-9-13-3-1-2-8-17-13/h1-8,14,16,18H,9-10H2. The first kappa shape index (κ1) is 13.2. The zero-order chi connectivity index (χ0) is 12.8. The molecular formula is C14H15BrN2O. The molecule has 2 aromatic rings. The van der Waals surface area contributed by atoms with Crippen molar-refractivity contribution in [3.63, 3.8) is 0 Å². The Labute approximate surface area is 115 Å². The van der Waals surface area contributed by atoms with Gasteiger partial charge in [-0.15, -0.1) is 0 Å². The topological polar surface area (TPSA) is 45.1 Å². The third-order valence-electron chi connectivity index (χ3n) is 2.62. The SMILES string of the molecule is OC(CNCc1ccccn1)c1ccc(Br)cc1. The minimum atomic E-state index is -0.498. The number of hydrogen-bond donors (Lipinski definition) is 2. The van der Waals surface area contributed by atoms with E-state index in [0.29, 0.717) is 13.1 Å². The summed E-state index contributed by atoms with van der Waals surface area (Å²) in [5.74, 6) is 0. The minimum absolute atomic E-state index is 0.498. The van der Waals surface area contributed by atoms with Crippen molar-refractivity contribution < 1.29 is 5.11 Å². The highest BCUT2D eigenvalue weighted by atomic mass is 79.9. The van der Waals surface area contributed by atoms with E-state index >= 15 is 0 Å². The number of rotatable bonds is 5. The number of benzene rings is 1. The van der Waals surface area contributed by atoms with E-state index in [0.717, 1.165) is 15.7 Å². The predicted octanol–water partition coefficient (Wildman–Crippen LogP) is 2.67. The van der Waals surface area contributed by atoms with Crippen LogP contribution in [0.1, 0.15) is 17.4 Å². The van der Waals surface area contributed by atoms with Gasteiger partial charge in [0.1, 0.15) is 0 Å². The van der Waals surface area contributed by atoms with Crippen LogP contribution in [-0.4, -0.2) is 16.6 Å². The summed E-state index contributed by atoms with van der Waals surface area (Å²) in [6, 6.07) is 13.5. The lowest BCUT2D eigenvalue weighted by Gasteiger charge is -2.12. The van der Waals surface area contributed by atoms with Gasteiger partial charge in [0.25, 0.3) is 0 Å². The van der Waals surface area contributed by atoms with Gasteiger partial charge in [-0.2, -0.15) is 0 Å². The maximum atomic E-state index is 9.99. The Balaban J connectivity index is 1.81. The van der Waals surface area contributed by atoms with Crippen LogP contribution in [0.15, 0.2) is 53.1 Å². The molecule has 94 valence electrons. The van der Waals surface area contributed by atoms with Crippen molar-refractivity contribution in [1.29, 1.82) is 0 Å². The Hall–Kier alpha value is -1.23.